The van der Waals surface area contributed by atoms with Crippen molar-refractivity contribution in [3.8, 4) is 0 Å². The molecule has 3 N–H and O–H groups in total. The maximum atomic E-state index is 9.95. The van der Waals surface area contributed by atoms with Crippen LogP contribution < -0.4 is 10.6 Å². The molecule has 1 aliphatic carbocycles. The Hall–Kier alpha value is -1.53. The van der Waals surface area contributed by atoms with E-state index in [1.165, 1.54) is 12.8 Å². The summed E-state index contributed by atoms with van der Waals surface area (Å²) in [6.45, 7) is 5.54. The second kappa shape index (κ2) is 9.48. The van der Waals surface area contributed by atoms with Crippen LogP contribution in [0.3, 0.4) is 0 Å². The molecule has 1 heterocycles. The summed E-state index contributed by atoms with van der Waals surface area (Å²) in [4.78, 5) is 4.37. The molecule has 0 radical (unpaired) electrons. The second-order valence-corrected chi connectivity index (χ2v) is 5.55. The Morgan fingerprint density at radius 3 is 3.05 bits per heavy atom. The molecule has 1 aromatic heterocycles. The van der Waals surface area contributed by atoms with E-state index in [1.807, 2.05) is 6.92 Å². The van der Waals surface area contributed by atoms with Gasteiger partial charge in [0.25, 0.3) is 0 Å². The van der Waals surface area contributed by atoms with Gasteiger partial charge in [-0.05, 0) is 44.2 Å². The first-order valence-electron chi connectivity index (χ1n) is 8.11. The average molecular weight is 309 g/mol. The van der Waals surface area contributed by atoms with Gasteiger partial charge in [-0.3, -0.25) is 4.99 Å². The summed E-state index contributed by atoms with van der Waals surface area (Å²) in [6, 6.07) is 3.51. The van der Waals surface area contributed by atoms with Crippen LogP contribution in [0.4, 0.5) is 0 Å². The lowest BCUT2D eigenvalue weighted by atomic mass is 10.3. The fraction of sp³-hybridized carbons (Fsp3) is 0.688. The Bertz CT molecular complexity index is 430. The first-order chi connectivity index (χ1) is 10.8. The molecular weight excluding hydrogens is 282 g/mol. The van der Waals surface area contributed by atoms with E-state index in [1.54, 1.807) is 18.4 Å². The summed E-state index contributed by atoms with van der Waals surface area (Å²) >= 11 is 0. The molecule has 2 rings (SSSR count). The summed E-state index contributed by atoms with van der Waals surface area (Å²) in [5, 5.41) is 16.4. The molecule has 1 aliphatic rings. The normalized spacial score (nSPS) is 16.5. The lowest BCUT2D eigenvalue weighted by Crippen LogP contribution is -2.38. The van der Waals surface area contributed by atoms with Crippen molar-refractivity contribution in [2.45, 2.75) is 32.3 Å². The number of aliphatic hydroxyl groups is 1. The van der Waals surface area contributed by atoms with Gasteiger partial charge in [-0.15, -0.1) is 0 Å². The van der Waals surface area contributed by atoms with Crippen molar-refractivity contribution in [1.29, 1.82) is 0 Å². The topological polar surface area (TPSA) is 79.0 Å². The number of hydrogen-bond donors (Lipinski definition) is 3. The fourth-order valence-corrected chi connectivity index (χ4v) is 2.01. The van der Waals surface area contributed by atoms with E-state index in [9.17, 15) is 5.11 Å². The highest BCUT2D eigenvalue weighted by Crippen LogP contribution is 2.28. The molecule has 6 heteroatoms. The monoisotopic (exact) mass is 309 g/mol. The summed E-state index contributed by atoms with van der Waals surface area (Å²) in [5.74, 6) is 2.05. The van der Waals surface area contributed by atoms with Crippen LogP contribution >= 0.6 is 0 Å². The highest BCUT2D eigenvalue weighted by molar-refractivity contribution is 5.79. The van der Waals surface area contributed by atoms with Gasteiger partial charge in [0.1, 0.15) is 11.9 Å². The lowest BCUT2D eigenvalue weighted by molar-refractivity contribution is 0.123. The zero-order chi connectivity index (χ0) is 15.6. The molecule has 0 bridgehead atoms. The summed E-state index contributed by atoms with van der Waals surface area (Å²) in [5.41, 5.74) is 0. The van der Waals surface area contributed by atoms with Crippen LogP contribution in [-0.2, 0) is 4.74 Å². The molecule has 1 fully saturated rings. The van der Waals surface area contributed by atoms with Crippen LogP contribution in [-0.4, -0.2) is 43.9 Å². The molecule has 0 spiro atoms. The van der Waals surface area contributed by atoms with E-state index in [0.29, 0.717) is 11.7 Å². The van der Waals surface area contributed by atoms with Crippen LogP contribution in [0.5, 0.6) is 0 Å². The van der Waals surface area contributed by atoms with Crippen molar-refractivity contribution in [3.63, 3.8) is 0 Å². The third-order valence-corrected chi connectivity index (χ3v) is 3.45. The molecule has 1 unspecified atom stereocenters. The average Bonchev–Trinajstić information content (AvgIpc) is 3.18. The zero-order valence-corrected chi connectivity index (χ0v) is 13.3. The number of guanidine groups is 1. The number of nitrogens with one attached hydrogen (secondary N) is 2. The predicted molar refractivity (Wildman–Crippen MR) is 85.8 cm³/mol. The van der Waals surface area contributed by atoms with Crippen LogP contribution in [0, 0.1) is 5.92 Å². The molecule has 6 nitrogen and oxygen atoms in total. The molecule has 1 saturated carbocycles. The summed E-state index contributed by atoms with van der Waals surface area (Å²) < 4.78 is 10.8. The minimum atomic E-state index is -0.715. The Morgan fingerprint density at radius 1 is 1.50 bits per heavy atom. The van der Waals surface area contributed by atoms with Crippen molar-refractivity contribution in [1.82, 2.24) is 10.6 Å². The molecule has 124 valence electrons. The smallest absolute Gasteiger partial charge is 0.191 e. The molecular formula is C16H27N3O3. The molecule has 0 aromatic carbocycles. The molecule has 0 saturated heterocycles. The summed E-state index contributed by atoms with van der Waals surface area (Å²) in [6.07, 6.45) is 4.43. The third-order valence-electron chi connectivity index (χ3n) is 3.45. The number of aliphatic hydroxyl groups excluding tert-OH is 1. The fourth-order valence-electron chi connectivity index (χ4n) is 2.01. The second-order valence-electron chi connectivity index (χ2n) is 5.55. The van der Waals surface area contributed by atoms with E-state index in [4.69, 9.17) is 9.15 Å². The van der Waals surface area contributed by atoms with Gasteiger partial charge in [-0.25, -0.2) is 0 Å². The third kappa shape index (κ3) is 6.49. The van der Waals surface area contributed by atoms with Gasteiger partial charge in [0.15, 0.2) is 5.96 Å². The van der Waals surface area contributed by atoms with Crippen LogP contribution in [0.25, 0.3) is 0 Å². The lowest BCUT2D eigenvalue weighted by Gasteiger charge is -2.12. The Morgan fingerprint density at radius 2 is 2.36 bits per heavy atom. The van der Waals surface area contributed by atoms with Crippen LogP contribution in [0.15, 0.2) is 27.8 Å². The maximum Gasteiger partial charge on any atom is 0.191 e. The van der Waals surface area contributed by atoms with Crippen molar-refractivity contribution >= 4 is 5.96 Å². The highest BCUT2D eigenvalue weighted by atomic mass is 16.5. The van der Waals surface area contributed by atoms with Crippen LogP contribution in [0.2, 0.25) is 0 Å². The first kappa shape index (κ1) is 16.8. The minimum Gasteiger partial charge on any atom is -0.467 e. The number of hydrogen-bond acceptors (Lipinski definition) is 4. The Balaban J connectivity index is 1.62. The van der Waals surface area contributed by atoms with Gasteiger partial charge in [0.2, 0.25) is 0 Å². The van der Waals surface area contributed by atoms with Gasteiger partial charge in [0, 0.05) is 26.3 Å². The van der Waals surface area contributed by atoms with Gasteiger partial charge in [0.05, 0.1) is 12.8 Å². The van der Waals surface area contributed by atoms with E-state index >= 15 is 0 Å². The number of rotatable bonds is 10. The quantitative estimate of drug-likeness (QED) is 0.348. The van der Waals surface area contributed by atoms with E-state index in [-0.39, 0.29) is 6.54 Å². The van der Waals surface area contributed by atoms with Crippen molar-refractivity contribution < 1.29 is 14.3 Å². The molecule has 22 heavy (non-hydrogen) atoms. The number of furan rings is 1. The van der Waals surface area contributed by atoms with Gasteiger partial charge in [-0.1, -0.05) is 0 Å². The molecule has 0 amide bonds. The molecule has 1 aromatic rings. The summed E-state index contributed by atoms with van der Waals surface area (Å²) in [7, 11) is 0. The molecule has 0 aliphatic heterocycles. The van der Waals surface area contributed by atoms with E-state index in [2.05, 4.69) is 15.6 Å². The van der Waals surface area contributed by atoms with Crippen molar-refractivity contribution in [3.05, 3.63) is 24.2 Å². The number of ether oxygens (including phenoxy) is 1. The predicted octanol–water partition coefficient (Wildman–Crippen LogP) is 1.68. The largest absolute Gasteiger partial charge is 0.467 e. The SMILES string of the molecule is CCNC(=NCC(O)c1ccco1)NCCCOCC1CC1. The van der Waals surface area contributed by atoms with Crippen LogP contribution in [0.1, 0.15) is 38.1 Å². The standard InChI is InChI=1S/C16H27N3O3/c1-2-17-16(18-8-4-9-21-12-13-6-7-13)19-11-14(20)15-5-3-10-22-15/h3,5,10,13-14,20H,2,4,6-9,11-12H2,1H3,(H2,17,18,19). The van der Waals surface area contributed by atoms with Gasteiger partial charge < -0.3 is 24.9 Å². The van der Waals surface area contributed by atoms with E-state index < -0.39 is 6.10 Å². The first-order valence-corrected chi connectivity index (χ1v) is 8.11. The van der Waals surface area contributed by atoms with Crippen molar-refractivity contribution in [2.75, 3.05) is 32.8 Å². The Kier molecular flexibility index (Phi) is 7.25. The van der Waals surface area contributed by atoms with Gasteiger partial charge in [-0.2, -0.15) is 0 Å². The van der Waals surface area contributed by atoms with Gasteiger partial charge >= 0.3 is 0 Å². The zero-order valence-electron chi connectivity index (χ0n) is 13.3. The number of nitrogens with zero attached hydrogens (tertiary/aromatic N) is 1. The highest BCUT2D eigenvalue weighted by Gasteiger charge is 2.20. The maximum absolute atomic E-state index is 9.95. The van der Waals surface area contributed by atoms with Crippen molar-refractivity contribution in [2.24, 2.45) is 10.9 Å². The molecule has 1 atom stereocenters. The minimum absolute atomic E-state index is 0.265. The van der Waals surface area contributed by atoms with E-state index in [0.717, 1.165) is 38.6 Å². The number of aliphatic imine (C=N–C) groups is 1. The Labute approximate surface area is 132 Å².